The number of carbonyl (C=O) groups excluding carboxylic acids is 1. The Morgan fingerprint density at radius 1 is 1.19 bits per heavy atom. The van der Waals surface area contributed by atoms with Gasteiger partial charge in [0.2, 0.25) is 0 Å². The molecule has 1 aromatic carbocycles. The zero-order valence-electron chi connectivity index (χ0n) is 12.9. The van der Waals surface area contributed by atoms with Crippen LogP contribution in [-0.4, -0.2) is 47.2 Å². The second kappa shape index (κ2) is 5.48. The molecule has 0 saturated carbocycles. The maximum absolute atomic E-state index is 12.9. The standard InChI is InChI=1S/C16H21NO4/c1-10-5-6-11(2)13(15(19)20)12(10)14(18)17-7-8-21-9-16(17,3)4/h5-6H,7-9H2,1-4H3,(H,19,20). The van der Waals surface area contributed by atoms with Crippen LogP contribution in [0.1, 0.15) is 45.7 Å². The van der Waals surface area contributed by atoms with Gasteiger partial charge in [-0.15, -0.1) is 0 Å². The lowest BCUT2D eigenvalue weighted by Crippen LogP contribution is -2.55. The van der Waals surface area contributed by atoms with E-state index in [0.29, 0.717) is 30.9 Å². The van der Waals surface area contributed by atoms with Crippen molar-refractivity contribution in [3.63, 3.8) is 0 Å². The van der Waals surface area contributed by atoms with Crippen molar-refractivity contribution in [2.45, 2.75) is 33.2 Å². The highest BCUT2D eigenvalue weighted by molar-refractivity contribution is 6.07. The van der Waals surface area contributed by atoms with Crippen LogP contribution in [0, 0.1) is 13.8 Å². The molecule has 0 aromatic heterocycles. The summed E-state index contributed by atoms with van der Waals surface area (Å²) in [7, 11) is 0. The number of hydrogen-bond donors (Lipinski definition) is 1. The Hall–Kier alpha value is -1.88. The van der Waals surface area contributed by atoms with Crippen molar-refractivity contribution in [1.29, 1.82) is 0 Å². The molecule has 21 heavy (non-hydrogen) atoms. The molecule has 5 nitrogen and oxygen atoms in total. The van der Waals surface area contributed by atoms with E-state index >= 15 is 0 Å². The second-order valence-corrected chi connectivity index (χ2v) is 6.08. The van der Waals surface area contributed by atoms with Crippen molar-refractivity contribution in [3.8, 4) is 0 Å². The molecule has 1 heterocycles. The number of ether oxygens (including phenoxy) is 1. The first kappa shape index (κ1) is 15.5. The van der Waals surface area contributed by atoms with Gasteiger partial charge in [-0.25, -0.2) is 4.79 Å². The predicted molar refractivity (Wildman–Crippen MR) is 78.8 cm³/mol. The summed E-state index contributed by atoms with van der Waals surface area (Å²) < 4.78 is 5.42. The van der Waals surface area contributed by atoms with Crippen LogP contribution < -0.4 is 0 Å². The Morgan fingerprint density at radius 2 is 1.76 bits per heavy atom. The molecule has 0 atom stereocenters. The molecule has 0 spiro atoms. The first-order valence-corrected chi connectivity index (χ1v) is 6.99. The number of hydrogen-bond acceptors (Lipinski definition) is 3. The molecule has 1 aliphatic rings. The van der Waals surface area contributed by atoms with Gasteiger partial charge in [0.15, 0.2) is 0 Å². The van der Waals surface area contributed by atoms with Crippen LogP contribution in [0.2, 0.25) is 0 Å². The minimum Gasteiger partial charge on any atom is -0.478 e. The highest BCUT2D eigenvalue weighted by atomic mass is 16.5. The Labute approximate surface area is 124 Å². The van der Waals surface area contributed by atoms with Crippen molar-refractivity contribution in [2.75, 3.05) is 19.8 Å². The fraction of sp³-hybridized carbons (Fsp3) is 0.500. The molecular formula is C16H21NO4. The Bertz CT molecular complexity index is 592. The van der Waals surface area contributed by atoms with Gasteiger partial charge in [0, 0.05) is 6.54 Å². The van der Waals surface area contributed by atoms with Gasteiger partial charge in [0.1, 0.15) is 0 Å². The quantitative estimate of drug-likeness (QED) is 0.907. The number of benzene rings is 1. The summed E-state index contributed by atoms with van der Waals surface area (Å²) in [6.07, 6.45) is 0. The van der Waals surface area contributed by atoms with E-state index in [1.54, 1.807) is 30.9 Å². The van der Waals surface area contributed by atoms with Crippen molar-refractivity contribution in [2.24, 2.45) is 0 Å². The van der Waals surface area contributed by atoms with Gasteiger partial charge < -0.3 is 14.7 Å². The number of carboxylic acids is 1. The first-order valence-electron chi connectivity index (χ1n) is 6.99. The molecule has 0 radical (unpaired) electrons. The van der Waals surface area contributed by atoms with Gasteiger partial charge in [0.05, 0.1) is 29.9 Å². The van der Waals surface area contributed by atoms with Crippen molar-refractivity contribution in [3.05, 3.63) is 34.4 Å². The summed E-state index contributed by atoms with van der Waals surface area (Å²) in [5.74, 6) is -1.30. The summed E-state index contributed by atoms with van der Waals surface area (Å²) in [5, 5.41) is 9.45. The number of aromatic carboxylic acids is 1. The third-order valence-corrected chi connectivity index (χ3v) is 3.94. The summed E-state index contributed by atoms with van der Waals surface area (Å²) in [5.41, 5.74) is 1.23. The van der Waals surface area contributed by atoms with Gasteiger partial charge in [-0.3, -0.25) is 4.79 Å². The molecule has 1 fully saturated rings. The van der Waals surface area contributed by atoms with Crippen molar-refractivity contribution >= 4 is 11.9 Å². The first-order chi connectivity index (χ1) is 9.75. The molecule has 1 amide bonds. The number of amides is 1. The maximum atomic E-state index is 12.9. The second-order valence-electron chi connectivity index (χ2n) is 6.08. The normalized spacial score (nSPS) is 17.6. The van der Waals surface area contributed by atoms with E-state index in [0.717, 1.165) is 0 Å². The average Bonchev–Trinajstić information content (AvgIpc) is 2.39. The summed E-state index contributed by atoms with van der Waals surface area (Å²) in [6.45, 7) is 8.73. The molecule has 5 heteroatoms. The van der Waals surface area contributed by atoms with Crippen LogP contribution in [0.4, 0.5) is 0 Å². The predicted octanol–water partition coefficient (Wildman–Crippen LogP) is 2.25. The third-order valence-electron chi connectivity index (χ3n) is 3.94. The van der Waals surface area contributed by atoms with Gasteiger partial charge in [0.25, 0.3) is 5.91 Å². The van der Waals surface area contributed by atoms with E-state index < -0.39 is 11.5 Å². The van der Waals surface area contributed by atoms with E-state index in [1.807, 2.05) is 13.8 Å². The van der Waals surface area contributed by atoms with E-state index in [1.165, 1.54) is 0 Å². The molecule has 0 bridgehead atoms. The zero-order valence-corrected chi connectivity index (χ0v) is 12.9. The Morgan fingerprint density at radius 3 is 2.29 bits per heavy atom. The largest absolute Gasteiger partial charge is 0.478 e. The molecule has 1 aromatic rings. The van der Waals surface area contributed by atoms with E-state index in [9.17, 15) is 14.7 Å². The summed E-state index contributed by atoms with van der Waals surface area (Å²) >= 11 is 0. The lowest BCUT2D eigenvalue weighted by atomic mass is 9.93. The van der Waals surface area contributed by atoms with Crippen LogP contribution in [0.25, 0.3) is 0 Å². The van der Waals surface area contributed by atoms with E-state index in [2.05, 4.69) is 0 Å². The van der Waals surface area contributed by atoms with Gasteiger partial charge in [-0.1, -0.05) is 12.1 Å². The summed E-state index contributed by atoms with van der Waals surface area (Å²) in [6, 6.07) is 3.53. The van der Waals surface area contributed by atoms with Crippen LogP contribution in [0.5, 0.6) is 0 Å². The van der Waals surface area contributed by atoms with E-state index in [-0.39, 0.29) is 17.0 Å². The maximum Gasteiger partial charge on any atom is 0.336 e. The van der Waals surface area contributed by atoms with Crippen molar-refractivity contribution in [1.82, 2.24) is 4.90 Å². The molecule has 1 saturated heterocycles. The van der Waals surface area contributed by atoms with Gasteiger partial charge in [-0.2, -0.15) is 0 Å². The van der Waals surface area contributed by atoms with Crippen LogP contribution in [0.3, 0.4) is 0 Å². The van der Waals surface area contributed by atoms with Crippen LogP contribution >= 0.6 is 0 Å². The SMILES string of the molecule is Cc1ccc(C)c(C(=O)N2CCOCC2(C)C)c1C(=O)O. The number of rotatable bonds is 2. The third kappa shape index (κ3) is 2.78. The monoisotopic (exact) mass is 291 g/mol. The van der Waals surface area contributed by atoms with E-state index in [4.69, 9.17) is 4.74 Å². The Balaban J connectivity index is 2.53. The molecule has 1 aliphatic heterocycles. The van der Waals surface area contributed by atoms with Crippen molar-refractivity contribution < 1.29 is 19.4 Å². The smallest absolute Gasteiger partial charge is 0.336 e. The Kier molecular flexibility index (Phi) is 4.05. The number of nitrogens with zero attached hydrogens (tertiary/aromatic N) is 1. The highest BCUT2D eigenvalue weighted by Gasteiger charge is 2.36. The van der Waals surface area contributed by atoms with Crippen LogP contribution in [-0.2, 0) is 4.74 Å². The topological polar surface area (TPSA) is 66.8 Å². The fourth-order valence-electron chi connectivity index (χ4n) is 2.73. The number of carboxylic acid groups (broad SMARTS) is 1. The molecule has 0 aliphatic carbocycles. The molecule has 114 valence electrons. The summed E-state index contributed by atoms with van der Waals surface area (Å²) in [4.78, 5) is 26.2. The zero-order chi connectivity index (χ0) is 15.8. The fourth-order valence-corrected chi connectivity index (χ4v) is 2.73. The van der Waals surface area contributed by atoms with Gasteiger partial charge >= 0.3 is 5.97 Å². The average molecular weight is 291 g/mol. The molecular weight excluding hydrogens is 270 g/mol. The molecule has 1 N–H and O–H groups in total. The number of morpholine rings is 1. The minimum atomic E-state index is -1.06. The van der Waals surface area contributed by atoms with Gasteiger partial charge in [-0.05, 0) is 38.8 Å². The van der Waals surface area contributed by atoms with Crippen LogP contribution in [0.15, 0.2) is 12.1 Å². The minimum absolute atomic E-state index is 0.0993. The number of carbonyl (C=O) groups is 2. The highest BCUT2D eigenvalue weighted by Crippen LogP contribution is 2.26. The molecule has 2 rings (SSSR count). The lowest BCUT2D eigenvalue weighted by Gasteiger charge is -2.42. The lowest BCUT2D eigenvalue weighted by molar-refractivity contribution is -0.0371. The number of aryl methyl sites for hydroxylation is 2. The molecule has 0 unspecified atom stereocenters.